The summed E-state index contributed by atoms with van der Waals surface area (Å²) in [5.74, 6) is 1.38. The maximum atomic E-state index is 5.82. The van der Waals surface area contributed by atoms with Crippen LogP contribution in [0.15, 0.2) is 18.5 Å². The van der Waals surface area contributed by atoms with Crippen LogP contribution < -0.4 is 10.6 Å². The average Bonchev–Trinajstić information content (AvgIpc) is 3.12. The Kier molecular flexibility index (Phi) is 3.49. The van der Waals surface area contributed by atoms with Crippen LogP contribution in [-0.4, -0.2) is 37.3 Å². The fourth-order valence-corrected chi connectivity index (χ4v) is 2.15. The third kappa shape index (κ3) is 2.71. The van der Waals surface area contributed by atoms with Crippen molar-refractivity contribution in [2.24, 2.45) is 0 Å². The number of anilines is 2. The molecule has 1 aliphatic rings. The normalized spacial score (nSPS) is 14.4. The zero-order valence-electron chi connectivity index (χ0n) is 11.6. The molecule has 1 aliphatic carbocycles. The summed E-state index contributed by atoms with van der Waals surface area (Å²) in [6, 6.07) is 2.38. The molecule has 0 radical (unpaired) electrons. The summed E-state index contributed by atoms with van der Waals surface area (Å²) in [6.07, 6.45) is 8.16. The smallest absolute Gasteiger partial charge is 0.257 e. The van der Waals surface area contributed by atoms with Crippen LogP contribution in [0.5, 0.6) is 0 Å². The van der Waals surface area contributed by atoms with E-state index in [1.807, 2.05) is 6.07 Å². The number of nitrogens with zero attached hydrogens (tertiary/aromatic N) is 6. The molecular formula is C13H19N7. The van der Waals surface area contributed by atoms with Gasteiger partial charge in [0, 0.05) is 25.0 Å². The van der Waals surface area contributed by atoms with Gasteiger partial charge in [-0.3, -0.25) is 0 Å². The fourth-order valence-electron chi connectivity index (χ4n) is 2.15. The minimum atomic E-state index is 0.239. The molecule has 0 unspecified atom stereocenters. The molecule has 2 N–H and O–H groups in total. The topological polar surface area (TPSA) is 85.8 Å². The first-order valence-corrected chi connectivity index (χ1v) is 7.06. The van der Waals surface area contributed by atoms with Gasteiger partial charge in [0.25, 0.3) is 5.95 Å². The molecule has 2 aromatic rings. The van der Waals surface area contributed by atoms with Crippen molar-refractivity contribution in [2.45, 2.75) is 38.6 Å². The van der Waals surface area contributed by atoms with Crippen molar-refractivity contribution in [2.75, 3.05) is 17.2 Å². The van der Waals surface area contributed by atoms with Gasteiger partial charge in [-0.2, -0.15) is 20.1 Å². The minimum absolute atomic E-state index is 0.239. The highest BCUT2D eigenvalue weighted by atomic mass is 15.4. The van der Waals surface area contributed by atoms with Crippen molar-refractivity contribution in [3.63, 3.8) is 0 Å². The Morgan fingerprint density at radius 1 is 1.35 bits per heavy atom. The molecular weight excluding hydrogens is 254 g/mol. The predicted molar refractivity (Wildman–Crippen MR) is 76.6 cm³/mol. The lowest BCUT2D eigenvalue weighted by Crippen LogP contribution is -2.29. The molecule has 0 atom stereocenters. The van der Waals surface area contributed by atoms with Crippen LogP contribution in [0.25, 0.3) is 5.95 Å². The molecule has 2 aromatic heterocycles. The Morgan fingerprint density at radius 3 is 2.85 bits per heavy atom. The number of nitrogen functional groups attached to an aromatic ring is 1. The van der Waals surface area contributed by atoms with E-state index in [2.05, 4.69) is 31.9 Å². The third-order valence-corrected chi connectivity index (χ3v) is 3.34. The summed E-state index contributed by atoms with van der Waals surface area (Å²) >= 11 is 0. The highest BCUT2D eigenvalue weighted by molar-refractivity contribution is 5.40. The molecule has 2 heterocycles. The fraction of sp³-hybridized carbons (Fsp3) is 0.538. The van der Waals surface area contributed by atoms with Gasteiger partial charge < -0.3 is 10.6 Å². The van der Waals surface area contributed by atoms with Crippen molar-refractivity contribution in [3.05, 3.63) is 18.5 Å². The van der Waals surface area contributed by atoms with E-state index < -0.39 is 0 Å². The zero-order valence-corrected chi connectivity index (χ0v) is 11.6. The van der Waals surface area contributed by atoms with Crippen molar-refractivity contribution in [3.8, 4) is 5.95 Å². The van der Waals surface area contributed by atoms with Crippen LogP contribution in [0.3, 0.4) is 0 Å². The van der Waals surface area contributed by atoms with E-state index in [1.165, 1.54) is 12.8 Å². The molecule has 1 saturated carbocycles. The van der Waals surface area contributed by atoms with Gasteiger partial charge in [0.2, 0.25) is 11.9 Å². The first-order valence-electron chi connectivity index (χ1n) is 7.06. The Hall–Kier alpha value is -2.18. The minimum Gasteiger partial charge on any atom is -0.368 e. The van der Waals surface area contributed by atoms with Crippen molar-refractivity contribution in [1.29, 1.82) is 0 Å². The number of nitrogens with two attached hydrogens (primary N) is 1. The summed E-state index contributed by atoms with van der Waals surface area (Å²) in [6.45, 7) is 3.14. The standard InChI is InChI=1S/C13H19N7/c1-2-3-8-19(10-5-6-10)12-16-11(14)17-13(18-12)20-9-4-7-15-20/h4,7,9-10H,2-3,5-6,8H2,1H3,(H2,14,16,17,18). The van der Waals surface area contributed by atoms with Crippen LogP contribution in [-0.2, 0) is 0 Å². The SMILES string of the molecule is CCCCN(c1nc(N)nc(-n2cccn2)n1)C1CC1. The average molecular weight is 273 g/mol. The van der Waals surface area contributed by atoms with Gasteiger partial charge in [0.1, 0.15) is 0 Å². The van der Waals surface area contributed by atoms with Gasteiger partial charge in [0.15, 0.2) is 0 Å². The second kappa shape index (κ2) is 5.44. The predicted octanol–water partition coefficient (Wildman–Crippen LogP) is 1.41. The second-order valence-corrected chi connectivity index (χ2v) is 5.02. The van der Waals surface area contributed by atoms with E-state index in [0.29, 0.717) is 17.9 Å². The molecule has 0 aliphatic heterocycles. The lowest BCUT2D eigenvalue weighted by atomic mass is 10.3. The number of hydrogen-bond donors (Lipinski definition) is 1. The van der Waals surface area contributed by atoms with E-state index in [0.717, 1.165) is 19.4 Å². The van der Waals surface area contributed by atoms with Crippen molar-refractivity contribution >= 4 is 11.9 Å². The number of rotatable bonds is 6. The molecule has 0 spiro atoms. The Balaban J connectivity index is 1.91. The summed E-state index contributed by atoms with van der Waals surface area (Å²) in [5, 5.41) is 4.14. The lowest BCUT2D eigenvalue weighted by Gasteiger charge is -2.22. The number of aromatic nitrogens is 5. The maximum absolute atomic E-state index is 5.82. The van der Waals surface area contributed by atoms with Gasteiger partial charge in [-0.15, -0.1) is 0 Å². The number of unbranched alkanes of at least 4 members (excludes halogenated alkanes) is 1. The molecule has 7 heteroatoms. The molecule has 20 heavy (non-hydrogen) atoms. The van der Waals surface area contributed by atoms with Crippen molar-refractivity contribution < 1.29 is 0 Å². The van der Waals surface area contributed by atoms with Gasteiger partial charge in [-0.05, 0) is 25.3 Å². The molecule has 0 aromatic carbocycles. The maximum Gasteiger partial charge on any atom is 0.257 e. The highest BCUT2D eigenvalue weighted by Crippen LogP contribution is 2.30. The quantitative estimate of drug-likeness (QED) is 0.856. The summed E-state index contributed by atoms with van der Waals surface area (Å²) < 4.78 is 1.60. The first kappa shape index (κ1) is 12.8. The van der Waals surface area contributed by atoms with E-state index >= 15 is 0 Å². The van der Waals surface area contributed by atoms with Crippen LogP contribution in [0.2, 0.25) is 0 Å². The first-order chi connectivity index (χ1) is 9.78. The van der Waals surface area contributed by atoms with E-state index in [1.54, 1.807) is 17.1 Å². The highest BCUT2D eigenvalue weighted by Gasteiger charge is 2.31. The molecule has 7 nitrogen and oxygen atoms in total. The van der Waals surface area contributed by atoms with Crippen LogP contribution >= 0.6 is 0 Å². The van der Waals surface area contributed by atoms with Gasteiger partial charge in [-0.1, -0.05) is 13.3 Å². The Morgan fingerprint density at radius 2 is 2.20 bits per heavy atom. The van der Waals surface area contributed by atoms with Gasteiger partial charge >= 0.3 is 0 Å². The van der Waals surface area contributed by atoms with Gasteiger partial charge in [0.05, 0.1) is 0 Å². The van der Waals surface area contributed by atoms with Gasteiger partial charge in [-0.25, -0.2) is 4.68 Å². The van der Waals surface area contributed by atoms with E-state index in [4.69, 9.17) is 5.73 Å². The van der Waals surface area contributed by atoms with Crippen LogP contribution in [0.1, 0.15) is 32.6 Å². The molecule has 0 amide bonds. The number of hydrogen-bond acceptors (Lipinski definition) is 6. The zero-order chi connectivity index (χ0) is 13.9. The van der Waals surface area contributed by atoms with Crippen LogP contribution in [0.4, 0.5) is 11.9 Å². The summed E-state index contributed by atoms with van der Waals surface area (Å²) in [5.41, 5.74) is 5.82. The molecule has 0 saturated heterocycles. The lowest BCUT2D eigenvalue weighted by molar-refractivity contribution is 0.685. The Labute approximate surface area is 117 Å². The molecule has 0 bridgehead atoms. The monoisotopic (exact) mass is 273 g/mol. The third-order valence-electron chi connectivity index (χ3n) is 3.34. The summed E-state index contributed by atoms with van der Waals surface area (Å²) in [7, 11) is 0. The van der Waals surface area contributed by atoms with E-state index in [-0.39, 0.29) is 5.95 Å². The molecule has 106 valence electrons. The second-order valence-electron chi connectivity index (χ2n) is 5.02. The molecule has 1 fully saturated rings. The van der Waals surface area contributed by atoms with E-state index in [9.17, 15) is 0 Å². The summed E-state index contributed by atoms with van der Waals surface area (Å²) in [4.78, 5) is 15.2. The molecule has 3 rings (SSSR count). The largest absolute Gasteiger partial charge is 0.368 e. The Bertz CT molecular complexity index is 562. The van der Waals surface area contributed by atoms with Crippen LogP contribution in [0, 0.1) is 0 Å². The van der Waals surface area contributed by atoms with Crippen molar-refractivity contribution in [1.82, 2.24) is 24.7 Å².